The fraction of sp³-hybridized carbons (Fsp3) is 0.474. The second-order valence-corrected chi connectivity index (χ2v) is 7.65. The van der Waals surface area contributed by atoms with Crippen LogP contribution in [0.5, 0.6) is 0 Å². The van der Waals surface area contributed by atoms with Gasteiger partial charge in [0.15, 0.2) is 0 Å². The van der Waals surface area contributed by atoms with E-state index in [1.54, 1.807) is 16.8 Å². The summed E-state index contributed by atoms with van der Waals surface area (Å²) in [6.07, 6.45) is 3.50. The summed E-state index contributed by atoms with van der Waals surface area (Å²) < 4.78 is 1.78. The first kappa shape index (κ1) is 22.0. The van der Waals surface area contributed by atoms with E-state index in [0.29, 0.717) is 23.0 Å². The minimum Gasteiger partial charge on any atom is -0.338 e. The zero-order valence-electron chi connectivity index (χ0n) is 15.5. The van der Waals surface area contributed by atoms with Crippen LogP contribution in [-0.4, -0.2) is 39.7 Å². The van der Waals surface area contributed by atoms with Gasteiger partial charge in [-0.15, -0.1) is 12.4 Å². The molecule has 1 fully saturated rings. The Kier molecular flexibility index (Phi) is 7.57. The topological polar surface area (TPSA) is 64.2 Å². The van der Waals surface area contributed by atoms with Crippen molar-refractivity contribution in [3.05, 3.63) is 45.2 Å². The van der Waals surface area contributed by atoms with Gasteiger partial charge in [-0.2, -0.15) is 5.10 Å². The van der Waals surface area contributed by atoms with Crippen LogP contribution in [0.1, 0.15) is 36.2 Å². The summed E-state index contributed by atoms with van der Waals surface area (Å²) in [5.74, 6) is 0.119. The molecule has 0 saturated carbocycles. The van der Waals surface area contributed by atoms with E-state index in [9.17, 15) is 4.79 Å². The van der Waals surface area contributed by atoms with Crippen molar-refractivity contribution in [2.24, 2.45) is 5.73 Å². The van der Waals surface area contributed by atoms with Crippen LogP contribution in [0.4, 0.5) is 0 Å². The van der Waals surface area contributed by atoms with Crippen molar-refractivity contribution < 1.29 is 4.79 Å². The number of hydrogen-bond donors (Lipinski definition) is 1. The van der Waals surface area contributed by atoms with Gasteiger partial charge in [0.05, 0.1) is 22.8 Å². The first-order chi connectivity index (χ1) is 12.4. The number of carbonyl (C=O) groups is 1. The van der Waals surface area contributed by atoms with E-state index in [0.717, 1.165) is 48.4 Å². The number of aryl methyl sites for hydroxylation is 1. The Morgan fingerprint density at radius 3 is 2.70 bits per heavy atom. The highest BCUT2D eigenvalue weighted by Crippen LogP contribution is 2.27. The molecule has 1 saturated heterocycles. The second kappa shape index (κ2) is 9.28. The molecular formula is C19H25Cl3N4O. The SMILES string of the molecule is Cc1nn(-c2ccc(Cl)cc2Cl)c(C)c1CC(=O)N1CCCCC1CN.Cl. The first-order valence-corrected chi connectivity index (χ1v) is 9.68. The van der Waals surface area contributed by atoms with Gasteiger partial charge < -0.3 is 10.6 Å². The summed E-state index contributed by atoms with van der Waals surface area (Å²) in [6.45, 7) is 5.19. The molecule has 1 atom stereocenters. The molecule has 1 aliphatic rings. The Morgan fingerprint density at radius 1 is 1.30 bits per heavy atom. The van der Waals surface area contributed by atoms with Gasteiger partial charge in [0.1, 0.15) is 0 Å². The summed E-state index contributed by atoms with van der Waals surface area (Å²) in [5.41, 5.74) is 9.32. The molecule has 148 valence electrons. The highest BCUT2D eigenvalue weighted by atomic mass is 35.5. The lowest BCUT2D eigenvalue weighted by molar-refractivity contribution is -0.133. The molecule has 2 aromatic rings. The Bertz CT molecular complexity index is 822. The maximum Gasteiger partial charge on any atom is 0.227 e. The summed E-state index contributed by atoms with van der Waals surface area (Å²) in [7, 11) is 0. The molecule has 1 unspecified atom stereocenters. The number of carbonyl (C=O) groups excluding carboxylic acids is 1. The number of nitrogens with two attached hydrogens (primary N) is 1. The van der Waals surface area contributed by atoms with Gasteiger partial charge in [0.25, 0.3) is 0 Å². The molecule has 5 nitrogen and oxygen atoms in total. The van der Waals surface area contributed by atoms with Crippen LogP contribution < -0.4 is 5.73 Å². The van der Waals surface area contributed by atoms with Crippen molar-refractivity contribution in [2.45, 2.75) is 45.6 Å². The van der Waals surface area contributed by atoms with Crippen LogP contribution in [0, 0.1) is 13.8 Å². The molecule has 0 aliphatic carbocycles. The third-order valence-electron chi connectivity index (χ3n) is 5.13. The number of aromatic nitrogens is 2. The molecule has 3 rings (SSSR count). The molecule has 1 aliphatic heterocycles. The minimum absolute atomic E-state index is 0. The normalized spacial score (nSPS) is 16.9. The molecule has 0 spiro atoms. The maximum atomic E-state index is 12.9. The van der Waals surface area contributed by atoms with E-state index in [1.165, 1.54) is 0 Å². The molecule has 0 bridgehead atoms. The summed E-state index contributed by atoms with van der Waals surface area (Å²) in [5, 5.41) is 5.71. The number of nitrogens with zero attached hydrogens (tertiary/aromatic N) is 3. The van der Waals surface area contributed by atoms with Crippen molar-refractivity contribution in [2.75, 3.05) is 13.1 Å². The molecular weight excluding hydrogens is 407 g/mol. The summed E-state index contributed by atoms with van der Waals surface area (Å²) in [6, 6.07) is 5.46. The van der Waals surface area contributed by atoms with E-state index in [1.807, 2.05) is 24.8 Å². The van der Waals surface area contributed by atoms with Crippen LogP contribution in [-0.2, 0) is 11.2 Å². The summed E-state index contributed by atoms with van der Waals surface area (Å²) >= 11 is 12.3. The van der Waals surface area contributed by atoms with Crippen LogP contribution in [0.3, 0.4) is 0 Å². The van der Waals surface area contributed by atoms with Crippen LogP contribution in [0.2, 0.25) is 10.0 Å². The predicted octanol–water partition coefficient (Wildman–Crippen LogP) is 4.10. The fourth-order valence-electron chi connectivity index (χ4n) is 3.65. The molecule has 2 N–H and O–H groups in total. The third kappa shape index (κ3) is 4.60. The fourth-order valence-corrected chi connectivity index (χ4v) is 4.13. The quantitative estimate of drug-likeness (QED) is 0.792. The molecule has 1 aromatic carbocycles. The second-order valence-electron chi connectivity index (χ2n) is 6.81. The average Bonchev–Trinajstić information content (AvgIpc) is 2.89. The lowest BCUT2D eigenvalue weighted by atomic mass is 10.0. The monoisotopic (exact) mass is 430 g/mol. The van der Waals surface area contributed by atoms with Crippen LogP contribution in [0.15, 0.2) is 18.2 Å². The molecule has 8 heteroatoms. The zero-order chi connectivity index (χ0) is 18.8. The van der Waals surface area contributed by atoms with Crippen molar-refractivity contribution >= 4 is 41.5 Å². The van der Waals surface area contributed by atoms with Gasteiger partial charge in [0.2, 0.25) is 5.91 Å². The lowest BCUT2D eigenvalue weighted by Gasteiger charge is -2.35. The van der Waals surface area contributed by atoms with Gasteiger partial charge in [-0.1, -0.05) is 23.2 Å². The Hall–Kier alpha value is -1.27. The van der Waals surface area contributed by atoms with E-state index in [4.69, 9.17) is 28.9 Å². The van der Waals surface area contributed by atoms with E-state index in [-0.39, 0.29) is 24.4 Å². The van der Waals surface area contributed by atoms with Gasteiger partial charge in [-0.25, -0.2) is 4.68 Å². The Labute approximate surface area is 176 Å². The van der Waals surface area contributed by atoms with E-state index >= 15 is 0 Å². The maximum absolute atomic E-state index is 12.9. The van der Waals surface area contributed by atoms with Crippen LogP contribution >= 0.6 is 35.6 Å². The van der Waals surface area contributed by atoms with Crippen molar-refractivity contribution in [1.29, 1.82) is 0 Å². The molecule has 2 heterocycles. The largest absolute Gasteiger partial charge is 0.338 e. The van der Waals surface area contributed by atoms with Crippen molar-refractivity contribution in [3.8, 4) is 5.69 Å². The molecule has 0 radical (unpaired) electrons. The lowest BCUT2D eigenvalue weighted by Crippen LogP contribution is -2.48. The summed E-state index contributed by atoms with van der Waals surface area (Å²) in [4.78, 5) is 14.8. The molecule has 27 heavy (non-hydrogen) atoms. The number of benzene rings is 1. The highest BCUT2D eigenvalue weighted by Gasteiger charge is 2.27. The number of piperidine rings is 1. The number of amides is 1. The number of halogens is 3. The first-order valence-electron chi connectivity index (χ1n) is 8.92. The van der Waals surface area contributed by atoms with E-state index in [2.05, 4.69) is 5.10 Å². The Morgan fingerprint density at radius 2 is 2.04 bits per heavy atom. The highest BCUT2D eigenvalue weighted by molar-refractivity contribution is 6.35. The van der Waals surface area contributed by atoms with Crippen molar-refractivity contribution in [1.82, 2.24) is 14.7 Å². The van der Waals surface area contributed by atoms with Crippen molar-refractivity contribution in [3.63, 3.8) is 0 Å². The Balaban J connectivity index is 0.00000261. The van der Waals surface area contributed by atoms with Crippen LogP contribution in [0.25, 0.3) is 5.69 Å². The molecule has 1 aromatic heterocycles. The molecule has 1 amide bonds. The van der Waals surface area contributed by atoms with Gasteiger partial charge in [-0.3, -0.25) is 4.79 Å². The van der Waals surface area contributed by atoms with Gasteiger partial charge in [-0.05, 0) is 51.3 Å². The minimum atomic E-state index is 0. The predicted molar refractivity (Wildman–Crippen MR) is 112 cm³/mol. The smallest absolute Gasteiger partial charge is 0.227 e. The third-order valence-corrected chi connectivity index (χ3v) is 5.66. The van der Waals surface area contributed by atoms with Gasteiger partial charge in [0, 0.05) is 35.4 Å². The number of hydrogen-bond acceptors (Lipinski definition) is 3. The number of likely N-dealkylation sites (tertiary alicyclic amines) is 1. The average molecular weight is 432 g/mol. The number of rotatable bonds is 4. The van der Waals surface area contributed by atoms with E-state index < -0.39 is 0 Å². The van der Waals surface area contributed by atoms with Gasteiger partial charge >= 0.3 is 0 Å². The zero-order valence-corrected chi connectivity index (χ0v) is 17.9. The standard InChI is InChI=1S/C19H24Cl2N4O.ClH/c1-12-16(10-19(26)24-8-4-3-5-15(24)11-22)13(2)25(23-12)18-7-6-14(20)9-17(18)21;/h6-7,9,15H,3-5,8,10-11,22H2,1-2H3;1H.